The van der Waals surface area contributed by atoms with Gasteiger partial charge < -0.3 is 15.5 Å². The van der Waals surface area contributed by atoms with Crippen LogP contribution in [-0.2, 0) is 17.9 Å². The van der Waals surface area contributed by atoms with E-state index in [1.807, 2.05) is 24.1 Å². The summed E-state index contributed by atoms with van der Waals surface area (Å²) in [5, 5.41) is 6.92. The smallest absolute Gasteiger partial charge is 0.223 e. The van der Waals surface area contributed by atoms with Crippen LogP contribution in [0.1, 0.15) is 63.0 Å². The number of guanidine groups is 1. The van der Waals surface area contributed by atoms with Crippen molar-refractivity contribution in [3.05, 3.63) is 35.4 Å². The lowest BCUT2D eigenvalue weighted by Crippen LogP contribution is -2.45. The van der Waals surface area contributed by atoms with Crippen molar-refractivity contribution in [3.8, 4) is 0 Å². The molecule has 2 aliphatic rings. The number of nitrogens with zero attached hydrogens (tertiary/aromatic N) is 2. The molecule has 1 aliphatic carbocycles. The largest absolute Gasteiger partial charge is 0.356 e. The SMILES string of the molecule is CCC1CCC(NC(=NC)NCCCC(=O)N2Cc3ccccc3C2)CC1. The second-order valence-corrected chi connectivity index (χ2v) is 7.89. The zero-order chi connectivity index (χ0) is 19.1. The predicted molar refractivity (Wildman–Crippen MR) is 110 cm³/mol. The topological polar surface area (TPSA) is 56.7 Å². The number of hydrogen-bond acceptors (Lipinski definition) is 2. The van der Waals surface area contributed by atoms with Crippen molar-refractivity contribution in [2.24, 2.45) is 10.9 Å². The molecule has 148 valence electrons. The summed E-state index contributed by atoms with van der Waals surface area (Å²) >= 11 is 0. The van der Waals surface area contributed by atoms with Crippen molar-refractivity contribution >= 4 is 11.9 Å². The second-order valence-electron chi connectivity index (χ2n) is 7.89. The van der Waals surface area contributed by atoms with Crippen LogP contribution in [0.5, 0.6) is 0 Å². The summed E-state index contributed by atoms with van der Waals surface area (Å²) in [7, 11) is 1.82. The molecule has 0 atom stereocenters. The first-order chi connectivity index (χ1) is 13.2. The average Bonchev–Trinajstić information content (AvgIpc) is 3.15. The molecule has 5 nitrogen and oxygen atoms in total. The first-order valence-electron chi connectivity index (χ1n) is 10.5. The van der Waals surface area contributed by atoms with E-state index in [2.05, 4.69) is 34.7 Å². The zero-order valence-corrected chi connectivity index (χ0v) is 16.8. The lowest BCUT2D eigenvalue weighted by Gasteiger charge is -2.29. The molecule has 1 aliphatic heterocycles. The van der Waals surface area contributed by atoms with Crippen molar-refractivity contribution < 1.29 is 4.79 Å². The molecule has 1 fully saturated rings. The Morgan fingerprint density at radius 3 is 2.41 bits per heavy atom. The molecule has 0 bridgehead atoms. The molecule has 0 unspecified atom stereocenters. The molecule has 1 heterocycles. The van der Waals surface area contributed by atoms with Crippen LogP contribution in [0.15, 0.2) is 29.3 Å². The molecule has 27 heavy (non-hydrogen) atoms. The van der Waals surface area contributed by atoms with Gasteiger partial charge in [0.05, 0.1) is 0 Å². The summed E-state index contributed by atoms with van der Waals surface area (Å²) < 4.78 is 0. The van der Waals surface area contributed by atoms with Crippen molar-refractivity contribution in [1.82, 2.24) is 15.5 Å². The van der Waals surface area contributed by atoms with Gasteiger partial charge in [-0.1, -0.05) is 37.6 Å². The van der Waals surface area contributed by atoms with E-state index in [0.717, 1.165) is 37.9 Å². The number of nitrogens with one attached hydrogen (secondary N) is 2. The molecule has 0 saturated heterocycles. The van der Waals surface area contributed by atoms with Crippen molar-refractivity contribution in [3.63, 3.8) is 0 Å². The highest BCUT2D eigenvalue weighted by atomic mass is 16.2. The number of rotatable bonds is 6. The van der Waals surface area contributed by atoms with Crippen LogP contribution in [0.4, 0.5) is 0 Å². The Balaban J connectivity index is 1.33. The fourth-order valence-electron chi connectivity index (χ4n) is 4.22. The van der Waals surface area contributed by atoms with E-state index in [1.165, 1.54) is 43.2 Å². The lowest BCUT2D eigenvalue weighted by molar-refractivity contribution is -0.131. The van der Waals surface area contributed by atoms with Gasteiger partial charge in [0.25, 0.3) is 0 Å². The minimum atomic E-state index is 0.244. The Hall–Kier alpha value is -2.04. The molecule has 2 N–H and O–H groups in total. The normalized spacial score (nSPS) is 22.4. The van der Waals surface area contributed by atoms with E-state index >= 15 is 0 Å². The van der Waals surface area contributed by atoms with Crippen molar-refractivity contribution in [2.45, 2.75) is 71.0 Å². The van der Waals surface area contributed by atoms with Gasteiger partial charge in [-0.05, 0) is 49.1 Å². The summed E-state index contributed by atoms with van der Waals surface area (Å²) in [6.45, 7) is 4.58. The number of hydrogen-bond donors (Lipinski definition) is 2. The highest BCUT2D eigenvalue weighted by Gasteiger charge is 2.22. The first kappa shape index (κ1) is 19.7. The molecule has 5 heteroatoms. The first-order valence-corrected chi connectivity index (χ1v) is 10.5. The van der Waals surface area contributed by atoms with Crippen LogP contribution in [0, 0.1) is 5.92 Å². The standard InChI is InChI=1S/C22H34N4O/c1-3-17-10-12-20(13-11-17)25-22(23-2)24-14-6-9-21(27)26-15-18-7-4-5-8-19(18)16-26/h4-5,7-8,17,20H,3,6,9-16H2,1-2H3,(H2,23,24,25). The third kappa shape index (κ3) is 5.47. The Morgan fingerprint density at radius 1 is 1.15 bits per heavy atom. The van der Waals surface area contributed by atoms with Gasteiger partial charge in [-0.3, -0.25) is 9.79 Å². The molecular formula is C22H34N4O. The lowest BCUT2D eigenvalue weighted by atomic mass is 9.84. The minimum Gasteiger partial charge on any atom is -0.356 e. The van der Waals surface area contributed by atoms with E-state index in [-0.39, 0.29) is 5.91 Å². The van der Waals surface area contributed by atoms with E-state index in [9.17, 15) is 4.79 Å². The maximum absolute atomic E-state index is 12.5. The monoisotopic (exact) mass is 370 g/mol. The van der Waals surface area contributed by atoms with Crippen LogP contribution in [0.3, 0.4) is 0 Å². The van der Waals surface area contributed by atoms with Crippen LogP contribution < -0.4 is 10.6 Å². The summed E-state index contributed by atoms with van der Waals surface area (Å²) in [6.07, 6.45) is 7.81. The zero-order valence-electron chi connectivity index (χ0n) is 16.8. The quantitative estimate of drug-likeness (QED) is 0.458. The Morgan fingerprint density at radius 2 is 1.81 bits per heavy atom. The number of aliphatic imine (C=N–C) groups is 1. The molecule has 0 aromatic heterocycles. The van der Waals surface area contributed by atoms with Crippen molar-refractivity contribution in [1.29, 1.82) is 0 Å². The summed E-state index contributed by atoms with van der Waals surface area (Å²) in [5.74, 6) is 2.02. The van der Waals surface area contributed by atoms with E-state index in [0.29, 0.717) is 12.5 Å². The van der Waals surface area contributed by atoms with Gasteiger partial charge in [-0.25, -0.2) is 0 Å². The molecule has 0 radical (unpaired) electrons. The third-order valence-corrected chi connectivity index (χ3v) is 6.04. The number of fused-ring (bicyclic) bond motifs is 1. The van der Waals surface area contributed by atoms with Gasteiger partial charge in [-0.2, -0.15) is 0 Å². The van der Waals surface area contributed by atoms with Crippen molar-refractivity contribution in [2.75, 3.05) is 13.6 Å². The molecule has 3 rings (SSSR count). The number of benzene rings is 1. The highest BCUT2D eigenvalue weighted by molar-refractivity contribution is 5.80. The maximum Gasteiger partial charge on any atom is 0.223 e. The van der Waals surface area contributed by atoms with Crippen LogP contribution in [0.25, 0.3) is 0 Å². The summed E-state index contributed by atoms with van der Waals surface area (Å²) in [4.78, 5) is 18.8. The number of carbonyl (C=O) groups is 1. The van der Waals surface area contributed by atoms with Crippen LogP contribution in [-0.4, -0.2) is 36.4 Å². The Kier molecular flexibility index (Phi) is 7.13. The highest BCUT2D eigenvalue weighted by Crippen LogP contribution is 2.26. The summed E-state index contributed by atoms with van der Waals surface area (Å²) in [6, 6.07) is 8.86. The third-order valence-electron chi connectivity index (χ3n) is 6.04. The van der Waals surface area contributed by atoms with Gasteiger partial charge in [0.1, 0.15) is 0 Å². The molecular weight excluding hydrogens is 336 g/mol. The minimum absolute atomic E-state index is 0.244. The van der Waals surface area contributed by atoms with Gasteiger partial charge in [-0.15, -0.1) is 0 Å². The van der Waals surface area contributed by atoms with Gasteiger partial charge in [0.2, 0.25) is 5.91 Å². The van der Waals surface area contributed by atoms with Gasteiger partial charge >= 0.3 is 0 Å². The maximum atomic E-state index is 12.5. The molecule has 1 aromatic carbocycles. The van der Waals surface area contributed by atoms with Crippen LogP contribution in [0.2, 0.25) is 0 Å². The number of amides is 1. The van der Waals surface area contributed by atoms with E-state index in [1.54, 1.807) is 0 Å². The summed E-state index contributed by atoms with van der Waals surface area (Å²) in [5.41, 5.74) is 2.57. The van der Waals surface area contributed by atoms with Gasteiger partial charge in [0, 0.05) is 39.1 Å². The predicted octanol–water partition coefficient (Wildman–Crippen LogP) is 3.44. The molecule has 1 amide bonds. The van der Waals surface area contributed by atoms with Gasteiger partial charge in [0.15, 0.2) is 5.96 Å². The molecule has 1 aromatic rings. The average molecular weight is 371 g/mol. The van der Waals surface area contributed by atoms with E-state index < -0.39 is 0 Å². The fourth-order valence-corrected chi connectivity index (χ4v) is 4.22. The second kappa shape index (κ2) is 9.77. The Labute approximate surface area is 163 Å². The molecule has 0 spiro atoms. The van der Waals surface area contributed by atoms with Crippen LogP contribution >= 0.6 is 0 Å². The van der Waals surface area contributed by atoms with E-state index in [4.69, 9.17) is 0 Å². The number of carbonyl (C=O) groups excluding carboxylic acids is 1. The molecule has 1 saturated carbocycles. The fraction of sp³-hybridized carbons (Fsp3) is 0.636. The Bertz CT molecular complexity index is 624.